The third-order valence-corrected chi connectivity index (χ3v) is 3.16. The molecule has 0 aliphatic heterocycles. The molecule has 1 rings (SSSR count). The van der Waals surface area contributed by atoms with E-state index in [4.69, 9.17) is 11.6 Å². The zero-order valence-electron chi connectivity index (χ0n) is 13.3. The Morgan fingerprint density at radius 1 is 1.24 bits per heavy atom. The summed E-state index contributed by atoms with van der Waals surface area (Å²) in [5, 5.41) is 13.0. The predicted octanol–water partition coefficient (Wildman–Crippen LogP) is 2.75. The summed E-state index contributed by atoms with van der Waals surface area (Å²) in [5.41, 5.74) is -4.49. The van der Waals surface area contributed by atoms with Crippen molar-refractivity contribution in [3.63, 3.8) is 0 Å². The number of alkyl halides is 3. The topological polar surface area (TPSA) is 88.4 Å². The van der Waals surface area contributed by atoms with Gasteiger partial charge < -0.3 is 9.84 Å². The van der Waals surface area contributed by atoms with E-state index in [1.807, 2.05) is 0 Å². The van der Waals surface area contributed by atoms with Gasteiger partial charge in [-0.3, -0.25) is 9.74 Å². The van der Waals surface area contributed by atoms with Crippen molar-refractivity contribution in [2.24, 2.45) is 5.16 Å². The lowest BCUT2D eigenvalue weighted by molar-refractivity contribution is -0.266. The van der Waals surface area contributed by atoms with Crippen LogP contribution < -0.4 is 4.90 Å². The standard InChI is InChI=1S/C14H14ClF3N2O5/c1-8(15)19-25-12(22)20(2)10-6-4-9(5-7-10)13(23,11(21)24-3)14(16,17)18/h4-7,23H,1-3H3/t13-/m0/s1. The van der Waals surface area contributed by atoms with Crippen LogP contribution in [-0.2, 0) is 20.0 Å². The number of nitrogens with zero attached hydrogens (tertiary/aromatic N) is 2. The molecule has 11 heteroatoms. The van der Waals surface area contributed by atoms with Crippen molar-refractivity contribution in [1.82, 2.24) is 0 Å². The van der Waals surface area contributed by atoms with Gasteiger partial charge in [0.2, 0.25) is 0 Å². The Hall–Kier alpha value is -2.33. The van der Waals surface area contributed by atoms with Gasteiger partial charge >= 0.3 is 18.2 Å². The van der Waals surface area contributed by atoms with E-state index in [-0.39, 0.29) is 10.9 Å². The summed E-state index contributed by atoms with van der Waals surface area (Å²) in [7, 11) is 1.99. The SMILES string of the molecule is COC(=O)[C@@](O)(c1ccc(N(C)C(=O)ON=C(C)Cl)cc1)C(F)(F)F. The summed E-state index contributed by atoms with van der Waals surface area (Å²) in [6, 6.07) is 3.82. The minimum Gasteiger partial charge on any atom is -0.466 e. The van der Waals surface area contributed by atoms with Gasteiger partial charge in [0.1, 0.15) is 5.17 Å². The molecule has 0 aliphatic rings. The minimum absolute atomic E-state index is 0.0367. The van der Waals surface area contributed by atoms with Crippen molar-refractivity contribution < 1.29 is 37.4 Å². The van der Waals surface area contributed by atoms with Crippen LogP contribution in [0.3, 0.4) is 0 Å². The van der Waals surface area contributed by atoms with Crippen molar-refractivity contribution in [3.05, 3.63) is 29.8 Å². The molecule has 138 valence electrons. The molecule has 0 aromatic heterocycles. The number of oxime groups is 1. The van der Waals surface area contributed by atoms with Crippen LogP contribution in [0.15, 0.2) is 29.4 Å². The maximum absolute atomic E-state index is 13.1. The van der Waals surface area contributed by atoms with E-state index >= 15 is 0 Å². The Bertz CT molecular complexity index is 674. The van der Waals surface area contributed by atoms with Crippen LogP contribution in [0, 0.1) is 0 Å². The highest BCUT2D eigenvalue weighted by molar-refractivity contribution is 6.64. The third kappa shape index (κ3) is 4.40. The number of halogens is 4. The zero-order chi connectivity index (χ0) is 19.4. The smallest absolute Gasteiger partial charge is 0.440 e. The molecule has 7 nitrogen and oxygen atoms in total. The minimum atomic E-state index is -5.31. The van der Waals surface area contributed by atoms with Crippen molar-refractivity contribution in [1.29, 1.82) is 0 Å². The first-order valence-electron chi connectivity index (χ1n) is 6.58. The number of hydrogen-bond donors (Lipinski definition) is 1. The molecule has 1 N–H and O–H groups in total. The Morgan fingerprint density at radius 3 is 2.16 bits per heavy atom. The maximum atomic E-state index is 13.1. The second kappa shape index (κ2) is 7.70. The van der Waals surface area contributed by atoms with Gasteiger partial charge in [-0.25, -0.2) is 9.59 Å². The van der Waals surface area contributed by atoms with E-state index in [0.717, 1.165) is 36.3 Å². The first-order valence-corrected chi connectivity index (χ1v) is 6.95. The number of benzene rings is 1. The molecule has 0 saturated carbocycles. The van der Waals surface area contributed by atoms with Crippen molar-refractivity contribution in [3.8, 4) is 0 Å². The molecule has 1 aromatic rings. The average molecular weight is 383 g/mol. The summed E-state index contributed by atoms with van der Waals surface area (Å²) in [6.07, 6.45) is -6.26. The molecule has 1 aromatic carbocycles. The second-order valence-electron chi connectivity index (χ2n) is 4.75. The summed E-state index contributed by atoms with van der Waals surface area (Å²) in [6.45, 7) is 1.37. The van der Waals surface area contributed by atoms with Crippen molar-refractivity contribution in [2.75, 3.05) is 19.1 Å². The highest BCUT2D eigenvalue weighted by Crippen LogP contribution is 2.40. The van der Waals surface area contributed by atoms with E-state index < -0.39 is 29.4 Å². The molecule has 0 bridgehead atoms. The molecule has 0 fully saturated rings. The van der Waals surface area contributed by atoms with Crippen LogP contribution in [0.1, 0.15) is 12.5 Å². The maximum Gasteiger partial charge on any atom is 0.440 e. The van der Waals surface area contributed by atoms with E-state index in [9.17, 15) is 27.9 Å². The Morgan fingerprint density at radius 2 is 1.76 bits per heavy atom. The largest absolute Gasteiger partial charge is 0.466 e. The lowest BCUT2D eigenvalue weighted by atomic mass is 9.93. The number of ether oxygens (including phenoxy) is 1. The van der Waals surface area contributed by atoms with Crippen LogP contribution in [-0.4, -0.2) is 42.7 Å². The first kappa shape index (κ1) is 20.7. The lowest BCUT2D eigenvalue weighted by Crippen LogP contribution is -2.49. The zero-order valence-corrected chi connectivity index (χ0v) is 14.1. The number of hydrogen-bond acceptors (Lipinski definition) is 6. The molecule has 0 unspecified atom stereocenters. The highest BCUT2D eigenvalue weighted by Gasteiger charge is 2.62. The average Bonchev–Trinajstić information content (AvgIpc) is 2.56. The third-order valence-electron chi connectivity index (χ3n) is 3.09. The number of amides is 1. The quantitative estimate of drug-likeness (QED) is 0.374. The molecular weight excluding hydrogens is 369 g/mol. The van der Waals surface area contributed by atoms with Crippen LogP contribution in [0.5, 0.6) is 0 Å². The van der Waals surface area contributed by atoms with Crippen LogP contribution in [0.4, 0.5) is 23.7 Å². The van der Waals surface area contributed by atoms with Crippen molar-refractivity contribution in [2.45, 2.75) is 18.7 Å². The predicted molar refractivity (Wildman–Crippen MR) is 82.3 cm³/mol. The van der Waals surface area contributed by atoms with Crippen LogP contribution >= 0.6 is 11.6 Å². The fraction of sp³-hybridized carbons (Fsp3) is 0.357. The monoisotopic (exact) mass is 382 g/mol. The van der Waals surface area contributed by atoms with Gasteiger partial charge in [0.15, 0.2) is 0 Å². The number of methoxy groups -OCH3 is 1. The molecule has 1 atom stereocenters. The number of carbonyl (C=O) groups is 2. The number of aliphatic hydroxyl groups is 1. The summed E-state index contributed by atoms with van der Waals surface area (Å²) in [4.78, 5) is 28.5. The molecule has 0 spiro atoms. The van der Waals surface area contributed by atoms with Crippen molar-refractivity contribution >= 4 is 34.5 Å². The molecule has 0 aliphatic carbocycles. The number of anilines is 1. The molecule has 25 heavy (non-hydrogen) atoms. The number of carbonyl (C=O) groups excluding carboxylic acids is 2. The van der Waals surface area contributed by atoms with Gasteiger partial charge in [-0.15, -0.1) is 0 Å². The summed E-state index contributed by atoms with van der Waals surface area (Å²) >= 11 is 5.41. The summed E-state index contributed by atoms with van der Waals surface area (Å²) in [5.74, 6) is -1.88. The Kier molecular flexibility index (Phi) is 6.38. The Balaban J connectivity index is 3.14. The van der Waals surface area contributed by atoms with Crippen LogP contribution in [0.2, 0.25) is 0 Å². The van der Waals surface area contributed by atoms with Crippen LogP contribution in [0.25, 0.3) is 0 Å². The van der Waals surface area contributed by atoms with Gasteiger partial charge in [0.25, 0.3) is 5.60 Å². The molecule has 1 amide bonds. The van der Waals surface area contributed by atoms with Gasteiger partial charge in [0.05, 0.1) is 7.11 Å². The number of rotatable bonds is 4. The van der Waals surface area contributed by atoms with E-state index in [0.29, 0.717) is 0 Å². The lowest BCUT2D eigenvalue weighted by Gasteiger charge is -2.28. The molecular formula is C14H14ClF3N2O5. The van der Waals surface area contributed by atoms with Gasteiger partial charge in [-0.2, -0.15) is 13.2 Å². The Labute approximate surface area is 145 Å². The molecule has 0 saturated heterocycles. The normalized spacial score (nSPS) is 14.5. The number of esters is 1. The van der Waals surface area contributed by atoms with Gasteiger partial charge in [-0.05, 0) is 19.1 Å². The van der Waals surface area contributed by atoms with E-state index in [1.54, 1.807) is 0 Å². The summed E-state index contributed by atoms with van der Waals surface area (Å²) < 4.78 is 43.4. The second-order valence-corrected chi connectivity index (χ2v) is 5.30. The van der Waals surface area contributed by atoms with E-state index in [2.05, 4.69) is 14.7 Å². The first-order chi connectivity index (χ1) is 11.4. The highest BCUT2D eigenvalue weighted by atomic mass is 35.5. The molecule has 0 radical (unpaired) electrons. The fourth-order valence-corrected chi connectivity index (χ4v) is 1.77. The molecule has 0 heterocycles. The van der Waals surface area contributed by atoms with Gasteiger partial charge in [0, 0.05) is 18.3 Å². The fourth-order valence-electron chi connectivity index (χ4n) is 1.74. The van der Waals surface area contributed by atoms with E-state index in [1.165, 1.54) is 14.0 Å². The van der Waals surface area contributed by atoms with Gasteiger partial charge in [-0.1, -0.05) is 28.9 Å².